The van der Waals surface area contributed by atoms with Crippen LogP contribution in [0.25, 0.3) is 10.2 Å². The van der Waals surface area contributed by atoms with Gasteiger partial charge in [-0.05, 0) is 50.3 Å². The molecule has 2 heterocycles. The van der Waals surface area contributed by atoms with Crippen LogP contribution in [0.2, 0.25) is 0 Å². The number of hydrogen-bond donors (Lipinski definition) is 0. The molecule has 0 saturated carbocycles. The molecule has 3 rings (SSSR count). The molecule has 1 saturated heterocycles. The van der Waals surface area contributed by atoms with E-state index >= 15 is 0 Å². The molecular weight excluding hydrogens is 296 g/mol. The minimum absolute atomic E-state index is 0.130. The molecule has 0 spiro atoms. The highest BCUT2D eigenvalue weighted by Gasteiger charge is 2.16. The van der Waals surface area contributed by atoms with Crippen LogP contribution in [0.5, 0.6) is 0 Å². The fourth-order valence-electron chi connectivity index (χ4n) is 2.83. The van der Waals surface area contributed by atoms with Crippen molar-refractivity contribution in [3.05, 3.63) is 28.8 Å². The van der Waals surface area contributed by atoms with Crippen molar-refractivity contribution in [2.75, 3.05) is 26.3 Å². The average Bonchev–Trinajstić information content (AvgIpc) is 2.91. The topological polar surface area (TPSA) is 42.4 Å². The number of amides is 1. The number of hydrogen-bond acceptors (Lipinski definition) is 4. The van der Waals surface area contributed by atoms with Crippen molar-refractivity contribution < 1.29 is 9.53 Å². The minimum atomic E-state index is 0.130. The molecule has 0 radical (unpaired) electrons. The highest BCUT2D eigenvalue weighted by atomic mass is 32.1. The van der Waals surface area contributed by atoms with Crippen molar-refractivity contribution in [3.8, 4) is 0 Å². The SMILES string of the molecule is Cc1nc2cc(CCOCC(=O)N3CCCCC3)ccc2s1. The molecule has 1 amide bonds. The first-order valence-electron chi connectivity index (χ1n) is 7.94. The summed E-state index contributed by atoms with van der Waals surface area (Å²) in [5.41, 5.74) is 2.27. The van der Waals surface area contributed by atoms with E-state index in [1.165, 1.54) is 16.7 Å². The first kappa shape index (κ1) is 15.4. The van der Waals surface area contributed by atoms with Gasteiger partial charge in [0.15, 0.2) is 0 Å². The van der Waals surface area contributed by atoms with E-state index in [1.807, 2.05) is 11.8 Å². The molecule has 1 aliphatic rings. The smallest absolute Gasteiger partial charge is 0.248 e. The Morgan fingerprint density at radius 2 is 2.14 bits per heavy atom. The van der Waals surface area contributed by atoms with Crippen LogP contribution >= 0.6 is 11.3 Å². The van der Waals surface area contributed by atoms with Crippen LogP contribution in [0.4, 0.5) is 0 Å². The number of piperidine rings is 1. The Balaban J connectivity index is 1.44. The Hall–Kier alpha value is -1.46. The van der Waals surface area contributed by atoms with E-state index in [4.69, 9.17) is 4.74 Å². The zero-order valence-corrected chi connectivity index (χ0v) is 13.8. The van der Waals surface area contributed by atoms with Gasteiger partial charge in [0.2, 0.25) is 5.91 Å². The quantitative estimate of drug-likeness (QED) is 0.795. The number of aryl methyl sites for hydroxylation is 1. The van der Waals surface area contributed by atoms with Gasteiger partial charge in [-0.1, -0.05) is 6.07 Å². The first-order valence-corrected chi connectivity index (χ1v) is 8.75. The maximum absolute atomic E-state index is 12.0. The van der Waals surface area contributed by atoms with Crippen LogP contribution in [0, 0.1) is 6.92 Å². The molecule has 22 heavy (non-hydrogen) atoms. The lowest BCUT2D eigenvalue weighted by atomic mass is 10.1. The van der Waals surface area contributed by atoms with Crippen LogP contribution < -0.4 is 0 Å². The number of nitrogens with zero attached hydrogens (tertiary/aromatic N) is 2. The maximum Gasteiger partial charge on any atom is 0.248 e. The van der Waals surface area contributed by atoms with Crippen molar-refractivity contribution in [1.29, 1.82) is 0 Å². The number of ether oxygens (including phenoxy) is 1. The van der Waals surface area contributed by atoms with E-state index in [2.05, 4.69) is 23.2 Å². The van der Waals surface area contributed by atoms with Crippen LogP contribution in [0.1, 0.15) is 29.8 Å². The third-order valence-electron chi connectivity index (χ3n) is 4.03. The second-order valence-corrected chi connectivity index (χ2v) is 7.01. The fraction of sp³-hybridized carbons (Fsp3) is 0.529. The molecule has 0 N–H and O–H groups in total. The lowest BCUT2D eigenvalue weighted by Crippen LogP contribution is -2.38. The summed E-state index contributed by atoms with van der Waals surface area (Å²) in [7, 11) is 0. The van der Waals surface area contributed by atoms with Gasteiger partial charge < -0.3 is 9.64 Å². The molecule has 1 aromatic heterocycles. The number of carbonyl (C=O) groups is 1. The van der Waals surface area contributed by atoms with Gasteiger partial charge in [0.25, 0.3) is 0 Å². The molecule has 1 aliphatic heterocycles. The van der Waals surface area contributed by atoms with Gasteiger partial charge in [-0.25, -0.2) is 4.98 Å². The second kappa shape index (κ2) is 7.20. The molecule has 4 nitrogen and oxygen atoms in total. The number of fused-ring (bicyclic) bond motifs is 1. The average molecular weight is 318 g/mol. The molecule has 0 bridgehead atoms. The summed E-state index contributed by atoms with van der Waals surface area (Å²) < 4.78 is 6.79. The number of rotatable bonds is 5. The van der Waals surface area contributed by atoms with Crippen molar-refractivity contribution in [3.63, 3.8) is 0 Å². The molecule has 0 aliphatic carbocycles. The van der Waals surface area contributed by atoms with Gasteiger partial charge in [-0.2, -0.15) is 0 Å². The van der Waals surface area contributed by atoms with Gasteiger partial charge in [0.05, 0.1) is 21.8 Å². The monoisotopic (exact) mass is 318 g/mol. The summed E-state index contributed by atoms with van der Waals surface area (Å²) in [6, 6.07) is 6.36. The third kappa shape index (κ3) is 3.84. The largest absolute Gasteiger partial charge is 0.371 e. The lowest BCUT2D eigenvalue weighted by molar-refractivity contribution is -0.137. The first-order chi connectivity index (χ1) is 10.7. The zero-order valence-electron chi connectivity index (χ0n) is 13.0. The Kier molecular flexibility index (Phi) is 5.05. The van der Waals surface area contributed by atoms with Gasteiger partial charge in [-0.3, -0.25) is 4.79 Å². The fourth-order valence-corrected chi connectivity index (χ4v) is 3.64. The van der Waals surface area contributed by atoms with Gasteiger partial charge in [0, 0.05) is 13.1 Å². The summed E-state index contributed by atoms with van der Waals surface area (Å²) in [6.45, 7) is 4.59. The Bertz CT molecular complexity index is 647. The van der Waals surface area contributed by atoms with E-state index in [1.54, 1.807) is 11.3 Å². The standard InChI is InChI=1S/C17H22N2O2S/c1-13-18-15-11-14(5-6-16(15)22-13)7-10-21-12-17(20)19-8-3-2-4-9-19/h5-6,11H,2-4,7-10,12H2,1H3. The maximum atomic E-state index is 12.0. The van der Waals surface area contributed by atoms with Crippen molar-refractivity contribution in [2.45, 2.75) is 32.6 Å². The Morgan fingerprint density at radius 3 is 2.95 bits per heavy atom. The number of carbonyl (C=O) groups excluding carboxylic acids is 1. The molecule has 5 heteroatoms. The van der Waals surface area contributed by atoms with Crippen LogP contribution in [0.15, 0.2) is 18.2 Å². The van der Waals surface area contributed by atoms with E-state index in [0.29, 0.717) is 6.61 Å². The zero-order chi connectivity index (χ0) is 15.4. The lowest BCUT2D eigenvalue weighted by Gasteiger charge is -2.26. The minimum Gasteiger partial charge on any atom is -0.371 e. The molecule has 1 aromatic carbocycles. The molecule has 0 atom stereocenters. The van der Waals surface area contributed by atoms with Crippen LogP contribution in [-0.4, -0.2) is 42.1 Å². The summed E-state index contributed by atoms with van der Waals surface area (Å²) >= 11 is 1.72. The van der Waals surface area contributed by atoms with Gasteiger partial charge in [-0.15, -0.1) is 11.3 Å². The second-order valence-electron chi connectivity index (χ2n) is 5.78. The van der Waals surface area contributed by atoms with E-state index < -0.39 is 0 Å². The van der Waals surface area contributed by atoms with Crippen molar-refractivity contribution >= 4 is 27.5 Å². The molecule has 2 aromatic rings. The molecule has 1 fully saturated rings. The predicted molar refractivity (Wildman–Crippen MR) is 89.3 cm³/mol. The predicted octanol–water partition coefficient (Wildman–Crippen LogP) is 3.18. The summed E-state index contributed by atoms with van der Waals surface area (Å²) in [5.74, 6) is 0.130. The normalized spacial score (nSPS) is 15.4. The highest BCUT2D eigenvalue weighted by molar-refractivity contribution is 7.18. The summed E-state index contributed by atoms with van der Waals surface area (Å²) in [5, 5.41) is 1.09. The third-order valence-corrected chi connectivity index (χ3v) is 4.98. The van der Waals surface area contributed by atoms with Crippen LogP contribution in [-0.2, 0) is 16.0 Å². The van der Waals surface area contributed by atoms with Crippen LogP contribution in [0.3, 0.4) is 0 Å². The number of benzene rings is 1. The van der Waals surface area contributed by atoms with Crippen molar-refractivity contribution in [1.82, 2.24) is 9.88 Å². The highest BCUT2D eigenvalue weighted by Crippen LogP contribution is 2.22. The van der Waals surface area contributed by atoms with Crippen molar-refractivity contribution in [2.24, 2.45) is 0 Å². The molecular formula is C17H22N2O2S. The number of aromatic nitrogens is 1. The molecule has 0 unspecified atom stereocenters. The summed E-state index contributed by atoms with van der Waals surface area (Å²) in [4.78, 5) is 18.4. The van der Waals surface area contributed by atoms with E-state index in [0.717, 1.165) is 42.9 Å². The number of thiazole rings is 1. The van der Waals surface area contributed by atoms with E-state index in [9.17, 15) is 4.79 Å². The van der Waals surface area contributed by atoms with Gasteiger partial charge in [0.1, 0.15) is 6.61 Å². The Labute approximate surface area is 135 Å². The van der Waals surface area contributed by atoms with E-state index in [-0.39, 0.29) is 12.5 Å². The number of likely N-dealkylation sites (tertiary alicyclic amines) is 1. The Morgan fingerprint density at radius 1 is 1.32 bits per heavy atom. The van der Waals surface area contributed by atoms with Gasteiger partial charge >= 0.3 is 0 Å². The molecule has 118 valence electrons. The summed E-state index contributed by atoms with van der Waals surface area (Å²) in [6.07, 6.45) is 4.31.